The van der Waals surface area contributed by atoms with Gasteiger partial charge in [0.1, 0.15) is 5.75 Å². The molecule has 1 amide bonds. The van der Waals surface area contributed by atoms with Gasteiger partial charge in [-0.05, 0) is 50.6 Å². The van der Waals surface area contributed by atoms with Gasteiger partial charge >= 0.3 is 5.97 Å². The number of aryl methyl sites for hydroxylation is 1. The number of fused-ring (bicyclic) bond motifs is 1. The normalized spacial score (nSPS) is 11.6. The molecule has 3 rings (SSSR count). The zero-order valence-electron chi connectivity index (χ0n) is 17.9. The van der Waals surface area contributed by atoms with Gasteiger partial charge in [0.15, 0.2) is 11.4 Å². The minimum absolute atomic E-state index is 0.154. The fourth-order valence-electron chi connectivity index (χ4n) is 3.01. The monoisotopic (exact) mass is 442 g/mol. The van der Waals surface area contributed by atoms with E-state index in [1.165, 1.54) is 11.3 Å². The zero-order chi connectivity index (χ0) is 22.2. The molecule has 31 heavy (non-hydrogen) atoms. The van der Waals surface area contributed by atoms with Crippen LogP contribution in [0.1, 0.15) is 29.8 Å². The molecule has 0 fully saturated rings. The second-order valence-electron chi connectivity index (χ2n) is 6.70. The molecule has 8 heteroatoms. The minimum atomic E-state index is -0.384. The van der Waals surface area contributed by atoms with Crippen LogP contribution < -0.4 is 9.54 Å². The molecule has 0 radical (unpaired) electrons. The van der Waals surface area contributed by atoms with Gasteiger partial charge in [-0.15, -0.1) is 0 Å². The molecule has 2 aromatic carbocycles. The van der Waals surface area contributed by atoms with E-state index >= 15 is 0 Å². The third-order valence-electron chi connectivity index (χ3n) is 4.52. The van der Waals surface area contributed by atoms with Gasteiger partial charge in [0.2, 0.25) is 0 Å². The van der Waals surface area contributed by atoms with Crippen LogP contribution in [0.5, 0.6) is 5.75 Å². The summed E-state index contributed by atoms with van der Waals surface area (Å²) in [5.41, 5.74) is 2.30. The molecule has 0 unspecified atom stereocenters. The van der Waals surface area contributed by atoms with Crippen molar-refractivity contribution in [1.29, 1.82) is 0 Å². The van der Waals surface area contributed by atoms with E-state index in [9.17, 15) is 9.59 Å². The van der Waals surface area contributed by atoms with Crippen LogP contribution in [-0.4, -0.2) is 42.9 Å². The number of carbonyl (C=O) groups is 2. The first-order valence-corrected chi connectivity index (χ1v) is 11.0. The maximum absolute atomic E-state index is 12.5. The highest BCUT2D eigenvalue weighted by molar-refractivity contribution is 7.16. The van der Waals surface area contributed by atoms with Gasteiger partial charge < -0.3 is 18.8 Å². The number of esters is 1. The van der Waals surface area contributed by atoms with Crippen molar-refractivity contribution >= 4 is 33.4 Å². The van der Waals surface area contributed by atoms with Gasteiger partial charge in [0, 0.05) is 13.2 Å². The molecule has 0 saturated heterocycles. The third kappa shape index (κ3) is 5.80. The molecule has 0 saturated carbocycles. The highest BCUT2D eigenvalue weighted by Gasteiger charge is 2.13. The molecule has 0 atom stereocenters. The molecule has 0 aliphatic carbocycles. The first-order valence-electron chi connectivity index (χ1n) is 10.2. The molecular weight excluding hydrogens is 416 g/mol. The minimum Gasteiger partial charge on any atom is -0.483 e. The van der Waals surface area contributed by atoms with Crippen molar-refractivity contribution in [1.82, 2.24) is 4.57 Å². The van der Waals surface area contributed by atoms with Crippen molar-refractivity contribution < 1.29 is 23.8 Å². The van der Waals surface area contributed by atoms with Crippen LogP contribution in [-0.2, 0) is 20.8 Å². The molecule has 0 aliphatic heterocycles. The van der Waals surface area contributed by atoms with E-state index in [-0.39, 0.29) is 18.5 Å². The summed E-state index contributed by atoms with van der Waals surface area (Å²) in [6.07, 6.45) is 0. The number of nitrogens with zero attached hydrogens (tertiary/aromatic N) is 2. The Morgan fingerprint density at radius 3 is 2.65 bits per heavy atom. The Kier molecular flexibility index (Phi) is 7.97. The fourth-order valence-corrected chi connectivity index (χ4v) is 4.13. The number of carbonyl (C=O) groups excluding carboxylic acids is 2. The first kappa shape index (κ1) is 22.7. The Hall–Kier alpha value is -2.97. The molecule has 0 N–H and O–H groups in total. The smallest absolute Gasteiger partial charge is 0.338 e. The summed E-state index contributed by atoms with van der Waals surface area (Å²) in [5.74, 6) is -0.101. The molecule has 3 aromatic rings. The van der Waals surface area contributed by atoms with Crippen molar-refractivity contribution in [2.75, 3.05) is 26.4 Å². The number of hydrogen-bond donors (Lipinski definition) is 0. The van der Waals surface area contributed by atoms with E-state index in [4.69, 9.17) is 14.2 Å². The third-order valence-corrected chi connectivity index (χ3v) is 5.56. The maximum Gasteiger partial charge on any atom is 0.338 e. The SMILES string of the molecule is CCOCCn1c(=NC(=O)COc2ccccc2C)sc2cc(C(=O)OCC)ccc21. The first-order chi connectivity index (χ1) is 15.0. The average Bonchev–Trinajstić information content (AvgIpc) is 3.09. The number of thiazole rings is 1. The van der Waals surface area contributed by atoms with Gasteiger partial charge in [-0.2, -0.15) is 4.99 Å². The summed E-state index contributed by atoms with van der Waals surface area (Å²) in [7, 11) is 0. The van der Waals surface area contributed by atoms with Gasteiger partial charge in [0.05, 0.1) is 29.0 Å². The van der Waals surface area contributed by atoms with E-state index < -0.39 is 0 Å². The maximum atomic E-state index is 12.5. The molecule has 1 aromatic heterocycles. The Balaban J connectivity index is 1.90. The highest BCUT2D eigenvalue weighted by Crippen LogP contribution is 2.20. The lowest BCUT2D eigenvalue weighted by atomic mass is 10.2. The number of rotatable bonds is 9. The van der Waals surface area contributed by atoms with Crippen LogP contribution in [0, 0.1) is 6.92 Å². The molecule has 0 aliphatic rings. The summed E-state index contributed by atoms with van der Waals surface area (Å²) < 4.78 is 19.0. The number of hydrogen-bond acceptors (Lipinski definition) is 6. The Morgan fingerprint density at radius 2 is 1.90 bits per heavy atom. The largest absolute Gasteiger partial charge is 0.483 e. The summed E-state index contributed by atoms with van der Waals surface area (Å²) in [6.45, 7) is 7.41. The molecule has 164 valence electrons. The van der Waals surface area contributed by atoms with E-state index in [0.717, 1.165) is 15.8 Å². The van der Waals surface area contributed by atoms with E-state index in [1.807, 2.05) is 48.7 Å². The lowest BCUT2D eigenvalue weighted by molar-refractivity contribution is -0.120. The predicted octanol–water partition coefficient (Wildman–Crippen LogP) is 3.73. The van der Waals surface area contributed by atoms with Crippen molar-refractivity contribution in [2.45, 2.75) is 27.3 Å². The van der Waals surface area contributed by atoms with Crippen LogP contribution in [0.2, 0.25) is 0 Å². The topological polar surface area (TPSA) is 79.1 Å². The van der Waals surface area contributed by atoms with Crippen molar-refractivity contribution in [3.63, 3.8) is 0 Å². The van der Waals surface area contributed by atoms with Gasteiger partial charge in [-0.1, -0.05) is 29.5 Å². The number of amides is 1. The quantitative estimate of drug-likeness (QED) is 0.373. The van der Waals surface area contributed by atoms with Crippen molar-refractivity contribution in [3.8, 4) is 5.75 Å². The molecule has 7 nitrogen and oxygen atoms in total. The second kappa shape index (κ2) is 10.9. The molecule has 1 heterocycles. The van der Waals surface area contributed by atoms with Crippen LogP contribution >= 0.6 is 11.3 Å². The summed E-state index contributed by atoms with van der Waals surface area (Å²) in [6, 6.07) is 12.8. The molecular formula is C23H26N2O5S. The zero-order valence-corrected chi connectivity index (χ0v) is 18.7. The lowest BCUT2D eigenvalue weighted by Gasteiger charge is -2.07. The Morgan fingerprint density at radius 1 is 1.10 bits per heavy atom. The van der Waals surface area contributed by atoms with Crippen LogP contribution in [0.4, 0.5) is 0 Å². The predicted molar refractivity (Wildman–Crippen MR) is 120 cm³/mol. The van der Waals surface area contributed by atoms with Gasteiger partial charge in [-0.3, -0.25) is 4.79 Å². The van der Waals surface area contributed by atoms with Crippen LogP contribution in [0.3, 0.4) is 0 Å². The van der Waals surface area contributed by atoms with Crippen LogP contribution in [0.25, 0.3) is 10.2 Å². The number of benzene rings is 2. The average molecular weight is 443 g/mol. The van der Waals surface area contributed by atoms with E-state index in [1.54, 1.807) is 19.1 Å². The van der Waals surface area contributed by atoms with Gasteiger partial charge in [-0.25, -0.2) is 4.79 Å². The summed E-state index contributed by atoms with van der Waals surface area (Å²) in [4.78, 5) is 29.4. The Labute approximate surface area is 184 Å². The number of ether oxygens (including phenoxy) is 3. The van der Waals surface area contributed by atoms with Crippen molar-refractivity contribution in [3.05, 3.63) is 58.4 Å². The van der Waals surface area contributed by atoms with Gasteiger partial charge in [0.25, 0.3) is 5.91 Å². The van der Waals surface area contributed by atoms with E-state index in [2.05, 4.69) is 4.99 Å². The van der Waals surface area contributed by atoms with Crippen LogP contribution in [0.15, 0.2) is 47.5 Å². The number of para-hydroxylation sites is 1. The summed E-state index contributed by atoms with van der Waals surface area (Å²) in [5, 5.41) is 0. The number of aromatic nitrogens is 1. The molecule has 0 bridgehead atoms. The van der Waals surface area contributed by atoms with Crippen molar-refractivity contribution in [2.24, 2.45) is 4.99 Å². The second-order valence-corrected chi connectivity index (χ2v) is 7.70. The molecule has 0 spiro atoms. The van der Waals surface area contributed by atoms with E-state index in [0.29, 0.717) is 42.5 Å². The highest BCUT2D eigenvalue weighted by atomic mass is 32.1. The summed E-state index contributed by atoms with van der Waals surface area (Å²) >= 11 is 1.34. The lowest BCUT2D eigenvalue weighted by Crippen LogP contribution is -2.21. The standard InChI is InChI=1S/C23H26N2O5S/c1-4-28-13-12-25-18-11-10-17(22(27)29-5-2)14-20(18)31-23(25)24-21(26)15-30-19-9-7-6-8-16(19)3/h6-11,14H,4-5,12-13,15H2,1-3H3. The fraction of sp³-hybridized carbons (Fsp3) is 0.348. The Bertz CT molecular complexity index is 1130.